The zero-order chi connectivity index (χ0) is 21.8. The number of ether oxygens (including phenoxy) is 1. The Morgan fingerprint density at radius 2 is 1.66 bits per heavy atom. The van der Waals surface area contributed by atoms with Crippen molar-refractivity contribution < 1.29 is 17.9 Å². The minimum absolute atomic E-state index is 0.120. The molecule has 0 aliphatic heterocycles. The summed E-state index contributed by atoms with van der Waals surface area (Å²) < 4.78 is 31.9. The first-order valence-corrected chi connectivity index (χ1v) is 11.1. The predicted octanol–water partition coefficient (Wildman–Crippen LogP) is 3.51. The van der Waals surface area contributed by atoms with Crippen LogP contribution in [0.2, 0.25) is 0 Å². The summed E-state index contributed by atoms with van der Waals surface area (Å²) in [5.41, 5.74) is 4.47. The van der Waals surface area contributed by atoms with Gasteiger partial charge in [0.1, 0.15) is 5.75 Å². The van der Waals surface area contributed by atoms with E-state index >= 15 is 0 Å². The van der Waals surface area contributed by atoms with Crippen LogP contribution in [0.15, 0.2) is 41.3 Å². The summed E-state index contributed by atoms with van der Waals surface area (Å²) in [4.78, 5) is 12.6. The second-order valence-corrected chi connectivity index (χ2v) is 9.29. The molecular formula is C22H30N2O4S. The molecule has 7 heteroatoms. The zero-order valence-corrected chi connectivity index (χ0v) is 18.8. The first-order chi connectivity index (χ1) is 13.6. The van der Waals surface area contributed by atoms with Crippen LogP contribution in [-0.2, 0) is 14.8 Å². The molecule has 0 bridgehead atoms. The van der Waals surface area contributed by atoms with E-state index in [-0.39, 0.29) is 23.4 Å². The third-order valence-corrected chi connectivity index (χ3v) is 6.75. The van der Waals surface area contributed by atoms with E-state index in [0.29, 0.717) is 12.4 Å². The molecule has 0 fully saturated rings. The number of hydrogen-bond acceptors (Lipinski definition) is 4. The normalized spacial score (nSPS) is 12.7. The van der Waals surface area contributed by atoms with Gasteiger partial charge in [-0.2, -0.15) is 4.31 Å². The molecule has 0 aliphatic rings. The molecule has 2 rings (SSSR count). The molecule has 1 N–H and O–H groups in total. The maximum absolute atomic E-state index is 12.7. The Bertz CT molecular complexity index is 969. The number of amides is 1. The van der Waals surface area contributed by atoms with E-state index in [1.165, 1.54) is 24.7 Å². The van der Waals surface area contributed by atoms with Gasteiger partial charge in [0.15, 0.2) is 0 Å². The second kappa shape index (κ2) is 9.41. The number of sulfonamides is 1. The number of carbonyl (C=O) groups excluding carboxylic acids is 1. The number of hydrogen-bond donors (Lipinski definition) is 1. The van der Waals surface area contributed by atoms with Crippen molar-refractivity contribution in [2.45, 2.75) is 45.6 Å². The Morgan fingerprint density at radius 3 is 2.24 bits per heavy atom. The lowest BCUT2D eigenvalue weighted by molar-refractivity contribution is -0.121. The molecular weight excluding hydrogens is 388 g/mol. The van der Waals surface area contributed by atoms with Crippen LogP contribution >= 0.6 is 0 Å². The van der Waals surface area contributed by atoms with Crippen molar-refractivity contribution in [1.29, 1.82) is 0 Å². The molecule has 0 saturated heterocycles. The highest BCUT2D eigenvalue weighted by Gasteiger charge is 2.24. The highest BCUT2D eigenvalue weighted by Crippen LogP contribution is 2.22. The van der Waals surface area contributed by atoms with Gasteiger partial charge in [-0.3, -0.25) is 4.79 Å². The fourth-order valence-corrected chi connectivity index (χ4v) is 4.28. The number of rotatable bonds is 8. The van der Waals surface area contributed by atoms with E-state index in [9.17, 15) is 13.2 Å². The van der Waals surface area contributed by atoms with Crippen molar-refractivity contribution >= 4 is 15.9 Å². The highest BCUT2D eigenvalue weighted by molar-refractivity contribution is 7.89. The van der Waals surface area contributed by atoms with Gasteiger partial charge in [0.25, 0.3) is 0 Å². The van der Waals surface area contributed by atoms with Gasteiger partial charge in [-0.1, -0.05) is 12.1 Å². The van der Waals surface area contributed by atoms with Crippen molar-refractivity contribution in [1.82, 2.24) is 9.62 Å². The summed E-state index contributed by atoms with van der Waals surface area (Å²) in [7, 11) is -2.37. The predicted molar refractivity (Wildman–Crippen MR) is 115 cm³/mol. The van der Waals surface area contributed by atoms with Crippen LogP contribution in [-0.4, -0.2) is 38.8 Å². The number of benzene rings is 2. The molecule has 1 atom stereocenters. The molecule has 0 heterocycles. The van der Waals surface area contributed by atoms with E-state index in [4.69, 9.17) is 4.74 Å². The molecule has 0 saturated carbocycles. The Balaban J connectivity index is 2.06. The van der Waals surface area contributed by atoms with Crippen molar-refractivity contribution in [3.05, 3.63) is 58.7 Å². The van der Waals surface area contributed by atoms with Crippen molar-refractivity contribution in [3.8, 4) is 5.75 Å². The molecule has 0 aromatic heterocycles. The lowest BCUT2D eigenvalue weighted by Crippen LogP contribution is -2.39. The van der Waals surface area contributed by atoms with Gasteiger partial charge in [0.2, 0.25) is 15.9 Å². The average Bonchev–Trinajstić information content (AvgIpc) is 2.65. The van der Waals surface area contributed by atoms with Crippen molar-refractivity contribution in [2.24, 2.45) is 0 Å². The average molecular weight is 419 g/mol. The summed E-state index contributed by atoms with van der Waals surface area (Å²) >= 11 is 0. The quantitative estimate of drug-likeness (QED) is 0.712. The summed E-state index contributed by atoms with van der Waals surface area (Å²) in [6.07, 6.45) is 0. The van der Waals surface area contributed by atoms with E-state index in [1.807, 2.05) is 27.7 Å². The molecule has 29 heavy (non-hydrogen) atoms. The monoisotopic (exact) mass is 418 g/mol. The lowest BCUT2D eigenvalue weighted by Gasteiger charge is -2.21. The Morgan fingerprint density at radius 1 is 1.07 bits per heavy atom. The van der Waals surface area contributed by atoms with Crippen molar-refractivity contribution in [2.75, 3.05) is 20.2 Å². The second-order valence-electron chi connectivity index (χ2n) is 7.25. The zero-order valence-electron chi connectivity index (χ0n) is 17.9. The van der Waals surface area contributed by atoms with Crippen LogP contribution in [0.3, 0.4) is 0 Å². The van der Waals surface area contributed by atoms with Gasteiger partial charge >= 0.3 is 0 Å². The number of aryl methyl sites for hydroxylation is 3. The van der Waals surface area contributed by atoms with E-state index in [1.54, 1.807) is 12.1 Å². The van der Waals surface area contributed by atoms with Gasteiger partial charge in [0.05, 0.1) is 24.1 Å². The summed E-state index contributed by atoms with van der Waals surface area (Å²) in [5, 5.41) is 2.90. The molecule has 6 nitrogen and oxygen atoms in total. The SMILES string of the molecule is CCOc1ccc(S(=O)(=O)N(C)CC(=O)N[C@H](C)c2cc(C)c(C)cc2C)cc1. The molecule has 0 spiro atoms. The maximum atomic E-state index is 12.7. The molecule has 1 amide bonds. The first kappa shape index (κ1) is 22.9. The standard InChI is InChI=1S/C22H30N2O4S/c1-7-28-19-8-10-20(11-9-19)29(26,27)24(6)14-22(25)23-18(5)21-13-16(3)15(2)12-17(21)4/h8-13,18H,7,14H2,1-6H3,(H,23,25)/t18-/m1/s1. The van der Waals surface area contributed by atoms with E-state index in [0.717, 1.165) is 21.0 Å². The van der Waals surface area contributed by atoms with Gasteiger partial charge in [-0.25, -0.2) is 8.42 Å². The van der Waals surface area contributed by atoms with Gasteiger partial charge in [-0.15, -0.1) is 0 Å². The maximum Gasteiger partial charge on any atom is 0.243 e. The van der Waals surface area contributed by atoms with Gasteiger partial charge in [0, 0.05) is 7.05 Å². The van der Waals surface area contributed by atoms with Crippen LogP contribution in [0.4, 0.5) is 0 Å². The van der Waals surface area contributed by atoms with Gasteiger partial charge < -0.3 is 10.1 Å². The van der Waals surface area contributed by atoms with Crippen LogP contribution in [0.5, 0.6) is 5.75 Å². The summed E-state index contributed by atoms with van der Waals surface area (Å²) in [6, 6.07) is 10.1. The first-order valence-electron chi connectivity index (χ1n) is 9.62. The van der Waals surface area contributed by atoms with Crippen LogP contribution in [0.25, 0.3) is 0 Å². The molecule has 0 aliphatic carbocycles. The van der Waals surface area contributed by atoms with Crippen LogP contribution in [0, 0.1) is 20.8 Å². The number of likely N-dealkylation sites (N-methyl/N-ethyl adjacent to an activating group) is 1. The van der Waals surface area contributed by atoms with E-state index in [2.05, 4.69) is 24.4 Å². The van der Waals surface area contributed by atoms with E-state index < -0.39 is 10.0 Å². The fraction of sp³-hybridized carbons (Fsp3) is 0.409. The minimum Gasteiger partial charge on any atom is -0.494 e. The minimum atomic E-state index is -3.77. The third kappa shape index (κ3) is 5.58. The molecule has 0 unspecified atom stereocenters. The largest absolute Gasteiger partial charge is 0.494 e. The fourth-order valence-electron chi connectivity index (χ4n) is 3.16. The van der Waals surface area contributed by atoms with Crippen LogP contribution in [0.1, 0.15) is 42.1 Å². The Labute approximate surface area is 173 Å². The van der Waals surface area contributed by atoms with Crippen molar-refractivity contribution in [3.63, 3.8) is 0 Å². The number of nitrogens with zero attached hydrogens (tertiary/aromatic N) is 1. The van der Waals surface area contributed by atoms with Crippen LogP contribution < -0.4 is 10.1 Å². The third-order valence-electron chi connectivity index (χ3n) is 4.94. The topological polar surface area (TPSA) is 75.7 Å². The van der Waals surface area contributed by atoms with Gasteiger partial charge in [-0.05, 0) is 81.1 Å². The highest BCUT2D eigenvalue weighted by atomic mass is 32.2. The summed E-state index contributed by atoms with van der Waals surface area (Å²) in [5.74, 6) is 0.247. The lowest BCUT2D eigenvalue weighted by atomic mass is 9.96. The number of nitrogens with one attached hydrogen (secondary N) is 1. The Kier molecular flexibility index (Phi) is 7.43. The molecule has 158 valence electrons. The molecule has 2 aromatic rings. The number of carbonyl (C=O) groups is 1. The molecule has 0 radical (unpaired) electrons. The Hall–Kier alpha value is -2.38. The smallest absolute Gasteiger partial charge is 0.243 e. The summed E-state index contributed by atoms with van der Waals surface area (Å²) in [6.45, 7) is 10.1. The molecule has 2 aromatic carbocycles.